The van der Waals surface area contributed by atoms with E-state index in [4.69, 9.17) is 0 Å². The summed E-state index contributed by atoms with van der Waals surface area (Å²) in [7, 11) is 0. The van der Waals surface area contributed by atoms with Crippen molar-refractivity contribution in [3.05, 3.63) is 0 Å². The minimum absolute atomic E-state index is 0.173. The number of carbonyl (C=O) groups is 2. The number of ether oxygens (including phenoxy) is 1. The Bertz CT molecular complexity index is 138. The van der Waals surface area contributed by atoms with Crippen LogP contribution in [-0.4, -0.2) is 18.4 Å². The zero-order valence-electron chi connectivity index (χ0n) is 5.27. The van der Waals surface area contributed by atoms with Crippen LogP contribution < -0.4 is 0 Å². The summed E-state index contributed by atoms with van der Waals surface area (Å²) in [6, 6.07) is 0. The normalized spacial score (nSPS) is 10.7. The molecule has 0 atom stereocenters. The molecule has 0 unspecified atom stereocenters. The summed E-state index contributed by atoms with van der Waals surface area (Å²) in [6.45, 7) is 0.396. The van der Waals surface area contributed by atoms with Crippen LogP contribution >= 0.6 is 0 Å². The van der Waals surface area contributed by atoms with Crippen molar-refractivity contribution in [3.63, 3.8) is 0 Å². The molecular formula is C5H6F2O3. The summed E-state index contributed by atoms with van der Waals surface area (Å²) >= 11 is 0. The minimum atomic E-state index is -3.11. The van der Waals surface area contributed by atoms with Gasteiger partial charge in [0.25, 0.3) is 5.92 Å². The molecule has 5 heteroatoms. The predicted octanol–water partition coefficient (Wildman–Crippen LogP) is 0.731. The van der Waals surface area contributed by atoms with Crippen LogP contribution in [0.4, 0.5) is 8.78 Å². The van der Waals surface area contributed by atoms with E-state index in [1.165, 1.54) is 0 Å². The van der Waals surface area contributed by atoms with E-state index in [0.717, 1.165) is 0 Å². The van der Waals surface area contributed by atoms with Gasteiger partial charge in [0.05, 0.1) is 0 Å². The van der Waals surface area contributed by atoms with Crippen molar-refractivity contribution in [2.45, 2.75) is 19.3 Å². The Labute approximate surface area is 56.0 Å². The molecule has 0 aromatic heterocycles. The third kappa shape index (κ3) is 5.14. The lowest BCUT2D eigenvalue weighted by atomic mass is 10.3. The first-order chi connectivity index (χ1) is 4.45. The monoisotopic (exact) mass is 152 g/mol. The van der Waals surface area contributed by atoms with Gasteiger partial charge < -0.3 is 4.74 Å². The molecule has 0 aromatic carbocycles. The van der Waals surface area contributed by atoms with Gasteiger partial charge in [-0.2, -0.15) is 0 Å². The molecule has 58 valence electrons. The average Bonchev–Trinajstić information content (AvgIpc) is 1.59. The Morgan fingerprint density at radius 3 is 2.50 bits per heavy atom. The smallest absolute Gasteiger partial charge is 0.319 e. The Hall–Kier alpha value is -1.00. The van der Waals surface area contributed by atoms with E-state index in [9.17, 15) is 18.4 Å². The predicted molar refractivity (Wildman–Crippen MR) is 27.4 cm³/mol. The molecular weight excluding hydrogens is 146 g/mol. The number of carbonyl (C=O) groups excluding carboxylic acids is 2. The molecule has 0 heterocycles. The van der Waals surface area contributed by atoms with Crippen molar-refractivity contribution >= 4 is 12.4 Å². The largest absolute Gasteiger partial charge is 0.395 e. The highest BCUT2D eigenvalue weighted by Crippen LogP contribution is 2.16. The molecule has 0 bridgehead atoms. The number of esters is 1. The first kappa shape index (κ1) is 9.00. The fraction of sp³-hybridized carbons (Fsp3) is 0.600. The van der Waals surface area contributed by atoms with Crippen LogP contribution in [0.25, 0.3) is 0 Å². The van der Waals surface area contributed by atoms with Crippen molar-refractivity contribution < 1.29 is 23.1 Å². The topological polar surface area (TPSA) is 43.4 Å². The van der Waals surface area contributed by atoms with E-state index >= 15 is 0 Å². The zero-order chi connectivity index (χ0) is 8.20. The van der Waals surface area contributed by atoms with Gasteiger partial charge >= 0.3 is 12.4 Å². The quantitative estimate of drug-likeness (QED) is 0.340. The Morgan fingerprint density at radius 2 is 2.20 bits per heavy atom. The SMILES string of the molecule is CC(F)(F)CC(=O)OC=O. The zero-order valence-corrected chi connectivity index (χ0v) is 5.27. The molecule has 0 amide bonds. The van der Waals surface area contributed by atoms with Crippen LogP contribution in [0.2, 0.25) is 0 Å². The maximum Gasteiger partial charge on any atom is 0.319 e. The van der Waals surface area contributed by atoms with Gasteiger partial charge in [0.2, 0.25) is 0 Å². The highest BCUT2D eigenvalue weighted by Gasteiger charge is 2.26. The first-order valence-corrected chi connectivity index (χ1v) is 2.46. The Morgan fingerprint density at radius 1 is 1.70 bits per heavy atom. The number of hydrogen-bond donors (Lipinski definition) is 0. The highest BCUT2D eigenvalue weighted by molar-refractivity contribution is 5.76. The molecule has 10 heavy (non-hydrogen) atoms. The van der Waals surface area contributed by atoms with Gasteiger partial charge in [-0.15, -0.1) is 0 Å². The Kier molecular flexibility index (Phi) is 2.92. The molecule has 0 spiro atoms. The minimum Gasteiger partial charge on any atom is -0.395 e. The molecule has 0 radical (unpaired) electrons. The third-order valence-electron chi connectivity index (χ3n) is 0.634. The van der Waals surface area contributed by atoms with Crippen molar-refractivity contribution in [1.29, 1.82) is 0 Å². The average molecular weight is 152 g/mol. The number of alkyl halides is 2. The van der Waals surface area contributed by atoms with Gasteiger partial charge in [0.15, 0.2) is 0 Å². The second kappa shape index (κ2) is 3.24. The lowest BCUT2D eigenvalue weighted by Gasteiger charge is -2.05. The standard InChI is InChI=1S/C5H6F2O3/c1-5(6,7)2-4(9)10-3-8/h3H,2H2,1H3. The molecule has 0 aromatic rings. The third-order valence-corrected chi connectivity index (χ3v) is 0.634. The van der Waals surface area contributed by atoms with Crippen molar-refractivity contribution in [2.75, 3.05) is 0 Å². The van der Waals surface area contributed by atoms with Gasteiger partial charge in [0.1, 0.15) is 6.42 Å². The molecule has 0 fully saturated rings. The molecule has 0 aliphatic heterocycles. The molecule has 0 saturated carbocycles. The van der Waals surface area contributed by atoms with Gasteiger partial charge in [-0.25, -0.2) is 8.78 Å². The van der Waals surface area contributed by atoms with Crippen LogP contribution in [0.3, 0.4) is 0 Å². The van der Waals surface area contributed by atoms with Crippen molar-refractivity contribution in [3.8, 4) is 0 Å². The second-order valence-electron chi connectivity index (χ2n) is 1.83. The van der Waals surface area contributed by atoms with Crippen LogP contribution in [-0.2, 0) is 14.3 Å². The van der Waals surface area contributed by atoms with E-state index in [2.05, 4.69) is 4.74 Å². The lowest BCUT2D eigenvalue weighted by molar-refractivity contribution is -0.156. The number of hydrogen-bond acceptors (Lipinski definition) is 3. The first-order valence-electron chi connectivity index (χ1n) is 2.46. The van der Waals surface area contributed by atoms with E-state index in [0.29, 0.717) is 6.92 Å². The summed E-state index contributed by atoms with van der Waals surface area (Å²) in [5, 5.41) is 0. The maximum absolute atomic E-state index is 11.9. The molecule has 0 rings (SSSR count). The fourth-order valence-electron chi connectivity index (χ4n) is 0.349. The summed E-state index contributed by atoms with van der Waals surface area (Å²) in [5.74, 6) is -4.33. The van der Waals surface area contributed by atoms with E-state index in [-0.39, 0.29) is 6.47 Å². The van der Waals surface area contributed by atoms with Crippen LogP contribution in [0.15, 0.2) is 0 Å². The van der Waals surface area contributed by atoms with Crippen molar-refractivity contribution in [1.82, 2.24) is 0 Å². The molecule has 0 N–H and O–H groups in total. The van der Waals surface area contributed by atoms with Crippen LogP contribution in [0.1, 0.15) is 13.3 Å². The van der Waals surface area contributed by atoms with Gasteiger partial charge in [-0.05, 0) is 6.92 Å². The van der Waals surface area contributed by atoms with Crippen molar-refractivity contribution in [2.24, 2.45) is 0 Å². The summed E-state index contributed by atoms with van der Waals surface area (Å²) in [6.07, 6.45) is -1.06. The summed E-state index contributed by atoms with van der Waals surface area (Å²) in [5.41, 5.74) is 0. The number of halogens is 2. The Balaban J connectivity index is 3.68. The van der Waals surface area contributed by atoms with Gasteiger partial charge in [0, 0.05) is 0 Å². The maximum atomic E-state index is 11.9. The number of rotatable bonds is 3. The summed E-state index contributed by atoms with van der Waals surface area (Å²) in [4.78, 5) is 19.5. The second-order valence-corrected chi connectivity index (χ2v) is 1.83. The summed E-state index contributed by atoms with van der Waals surface area (Å²) < 4.78 is 27.4. The molecule has 3 nitrogen and oxygen atoms in total. The lowest BCUT2D eigenvalue weighted by Crippen LogP contribution is -2.17. The molecule has 0 aliphatic carbocycles. The van der Waals surface area contributed by atoms with Gasteiger partial charge in [-0.1, -0.05) is 0 Å². The van der Waals surface area contributed by atoms with E-state index in [1.54, 1.807) is 0 Å². The van der Waals surface area contributed by atoms with Gasteiger partial charge in [-0.3, -0.25) is 9.59 Å². The van der Waals surface area contributed by atoms with E-state index < -0.39 is 18.3 Å². The van der Waals surface area contributed by atoms with Crippen LogP contribution in [0, 0.1) is 0 Å². The molecule has 0 saturated heterocycles. The van der Waals surface area contributed by atoms with E-state index in [1.807, 2.05) is 0 Å². The highest BCUT2D eigenvalue weighted by atomic mass is 19.3. The fourth-order valence-corrected chi connectivity index (χ4v) is 0.349. The van der Waals surface area contributed by atoms with Crippen LogP contribution in [0.5, 0.6) is 0 Å². The molecule has 0 aliphatic rings.